The summed E-state index contributed by atoms with van der Waals surface area (Å²) in [5.74, 6) is -0.459. The molecule has 1 N–H and O–H groups in total. The highest BCUT2D eigenvalue weighted by Gasteiger charge is 2.36. The molecule has 29 heavy (non-hydrogen) atoms. The number of aromatic nitrogens is 3. The van der Waals surface area contributed by atoms with Crippen LogP contribution in [0, 0.1) is 0 Å². The van der Waals surface area contributed by atoms with Crippen LogP contribution in [0.3, 0.4) is 0 Å². The van der Waals surface area contributed by atoms with Crippen LogP contribution in [0.25, 0.3) is 11.3 Å². The number of carbonyl (C=O) groups excluding carboxylic acids is 2. The number of hydrogen-bond acceptors (Lipinski definition) is 8. The molecule has 0 spiro atoms. The summed E-state index contributed by atoms with van der Waals surface area (Å²) < 4.78 is 22.5. The molecule has 150 valence electrons. The van der Waals surface area contributed by atoms with Crippen LogP contribution in [-0.4, -0.2) is 48.0 Å². The number of aromatic amines is 1. The Bertz CT molecular complexity index is 1150. The van der Waals surface area contributed by atoms with Crippen molar-refractivity contribution in [1.82, 2.24) is 14.8 Å². The quantitative estimate of drug-likeness (QED) is 0.639. The summed E-state index contributed by atoms with van der Waals surface area (Å²) in [5, 5.41) is 6.21. The number of ether oxygens (including phenoxy) is 4. The average molecular weight is 399 g/mol. The zero-order chi connectivity index (χ0) is 20.7. The van der Waals surface area contributed by atoms with Crippen molar-refractivity contribution in [2.45, 2.75) is 12.6 Å². The Hall–Kier alpha value is -3.82. The van der Waals surface area contributed by atoms with Gasteiger partial charge < -0.3 is 23.5 Å². The molecule has 10 nitrogen and oxygen atoms in total. The topological polar surface area (TPSA) is 122 Å². The maximum absolute atomic E-state index is 12.5. The zero-order valence-electron chi connectivity index (χ0n) is 15.8. The van der Waals surface area contributed by atoms with Gasteiger partial charge in [-0.15, -0.1) is 0 Å². The van der Waals surface area contributed by atoms with Crippen molar-refractivity contribution in [2.75, 3.05) is 21.3 Å². The summed E-state index contributed by atoms with van der Waals surface area (Å²) in [4.78, 5) is 36.6. The molecule has 0 fully saturated rings. The second-order valence-electron chi connectivity index (χ2n) is 6.33. The van der Waals surface area contributed by atoms with Gasteiger partial charge in [0.15, 0.2) is 11.5 Å². The number of nitrogens with zero attached hydrogens (tertiary/aromatic N) is 2. The van der Waals surface area contributed by atoms with Gasteiger partial charge in [-0.3, -0.25) is 4.79 Å². The number of pyridine rings is 1. The second kappa shape index (κ2) is 6.97. The monoisotopic (exact) mass is 399 g/mol. The lowest BCUT2D eigenvalue weighted by Gasteiger charge is -2.16. The lowest BCUT2D eigenvalue weighted by molar-refractivity contribution is 0.0346. The fourth-order valence-corrected chi connectivity index (χ4v) is 3.45. The van der Waals surface area contributed by atoms with Gasteiger partial charge in [0.05, 0.1) is 33.4 Å². The highest BCUT2D eigenvalue weighted by Crippen LogP contribution is 2.42. The first-order valence-corrected chi connectivity index (χ1v) is 8.60. The Morgan fingerprint density at radius 3 is 2.69 bits per heavy atom. The van der Waals surface area contributed by atoms with Gasteiger partial charge in [-0.05, 0) is 6.07 Å². The largest absolute Gasteiger partial charge is 0.493 e. The predicted molar refractivity (Wildman–Crippen MR) is 98.5 cm³/mol. The number of fused-ring (bicyclic) bond motifs is 2. The van der Waals surface area contributed by atoms with Crippen LogP contribution in [0.5, 0.6) is 11.5 Å². The number of nitrogens with one attached hydrogen (secondary N) is 1. The number of carbonyl (C=O) groups is 2. The standard InChI is InChI=1S/C19H17N3O7/c1-26-12-5-4-9-13(29-19(25)14(9)16(12)27-2)8-22-6-10-15(20-21-17(10)23)11(7-22)18(24)28-3/h4-7,13H,8H2,1-3H3,(H,21,23)/t13-/m0/s1. The van der Waals surface area contributed by atoms with Crippen LogP contribution < -0.4 is 15.0 Å². The molecule has 3 aliphatic heterocycles. The van der Waals surface area contributed by atoms with Gasteiger partial charge in [0, 0.05) is 18.0 Å². The molecule has 10 heteroatoms. The fraction of sp³-hybridized carbons (Fsp3) is 0.263. The van der Waals surface area contributed by atoms with Gasteiger partial charge in [-0.25, -0.2) is 14.7 Å². The van der Waals surface area contributed by atoms with E-state index in [0.29, 0.717) is 22.6 Å². The molecule has 0 aromatic heterocycles. The molecule has 0 saturated carbocycles. The van der Waals surface area contributed by atoms with Gasteiger partial charge in [0.25, 0.3) is 5.56 Å². The molecular weight excluding hydrogens is 382 g/mol. The van der Waals surface area contributed by atoms with Crippen LogP contribution in [0.4, 0.5) is 0 Å². The van der Waals surface area contributed by atoms with Gasteiger partial charge in [0.1, 0.15) is 22.9 Å². The van der Waals surface area contributed by atoms with E-state index in [1.165, 1.54) is 27.5 Å². The number of rotatable bonds is 5. The predicted octanol–water partition coefficient (Wildman–Crippen LogP) is 1.39. The van der Waals surface area contributed by atoms with Crippen molar-refractivity contribution in [3.63, 3.8) is 0 Å². The number of H-pyrrole nitrogens is 1. The highest BCUT2D eigenvalue weighted by molar-refractivity contribution is 5.98. The highest BCUT2D eigenvalue weighted by atomic mass is 16.6. The van der Waals surface area contributed by atoms with Gasteiger partial charge in [-0.1, -0.05) is 6.07 Å². The van der Waals surface area contributed by atoms with Crippen LogP contribution in [-0.2, 0) is 16.0 Å². The summed E-state index contributed by atoms with van der Waals surface area (Å²) in [6, 6.07) is 3.41. The van der Waals surface area contributed by atoms with E-state index in [0.717, 1.165) is 0 Å². The van der Waals surface area contributed by atoms with Crippen LogP contribution in [0.2, 0.25) is 0 Å². The van der Waals surface area contributed by atoms with Crippen molar-refractivity contribution in [1.29, 1.82) is 0 Å². The first-order valence-electron chi connectivity index (χ1n) is 8.60. The van der Waals surface area contributed by atoms with E-state index in [-0.39, 0.29) is 23.4 Å². The Labute approximate surface area is 164 Å². The van der Waals surface area contributed by atoms with Crippen molar-refractivity contribution >= 4 is 11.9 Å². The summed E-state index contributed by atoms with van der Waals surface area (Å²) in [6.07, 6.45) is 2.40. The molecule has 0 bridgehead atoms. The summed E-state index contributed by atoms with van der Waals surface area (Å²) >= 11 is 0. The maximum Gasteiger partial charge on any atom is 0.343 e. The zero-order valence-corrected chi connectivity index (χ0v) is 15.8. The minimum absolute atomic E-state index is 0.125. The molecule has 3 aliphatic rings. The summed E-state index contributed by atoms with van der Waals surface area (Å²) in [5.41, 5.74) is 1.04. The third-order valence-corrected chi connectivity index (χ3v) is 4.77. The number of methoxy groups -OCH3 is 3. The van der Waals surface area contributed by atoms with Crippen molar-refractivity contribution in [2.24, 2.45) is 0 Å². The van der Waals surface area contributed by atoms with E-state index in [2.05, 4.69) is 10.2 Å². The molecule has 4 rings (SSSR count). The Morgan fingerprint density at radius 1 is 1.21 bits per heavy atom. The van der Waals surface area contributed by atoms with Gasteiger partial charge in [-0.2, -0.15) is 5.10 Å². The third kappa shape index (κ3) is 2.89. The molecule has 0 amide bonds. The molecule has 1 aromatic rings. The van der Waals surface area contributed by atoms with E-state index in [4.69, 9.17) is 18.9 Å². The molecule has 0 unspecified atom stereocenters. The number of cyclic esters (lactones) is 1. The molecular formula is C19H17N3O7. The SMILES string of the molecule is COC(=O)c1cn(C[C@@H]2OC(=O)c3c2ccc(OC)c3OC)cc2c(=O)[nH]nc1-2. The minimum Gasteiger partial charge on any atom is -0.493 e. The Kier molecular flexibility index (Phi) is 4.45. The molecule has 3 heterocycles. The average Bonchev–Trinajstić information content (AvgIpc) is 3.26. The van der Waals surface area contributed by atoms with Gasteiger partial charge >= 0.3 is 11.9 Å². The third-order valence-electron chi connectivity index (χ3n) is 4.77. The smallest absolute Gasteiger partial charge is 0.343 e. The fourth-order valence-electron chi connectivity index (χ4n) is 3.45. The second-order valence-corrected chi connectivity index (χ2v) is 6.33. The summed E-state index contributed by atoms with van der Waals surface area (Å²) in [7, 11) is 4.16. The molecule has 0 radical (unpaired) electrons. The lowest BCUT2D eigenvalue weighted by atomic mass is 10.0. The molecule has 0 aliphatic carbocycles. The van der Waals surface area contributed by atoms with Crippen molar-refractivity contribution in [3.05, 3.63) is 51.6 Å². The first kappa shape index (κ1) is 18.5. The van der Waals surface area contributed by atoms with Crippen LogP contribution in [0.15, 0.2) is 29.3 Å². The number of esters is 2. The first-order chi connectivity index (χ1) is 14.0. The molecule has 1 atom stereocenters. The van der Waals surface area contributed by atoms with Crippen LogP contribution >= 0.6 is 0 Å². The van der Waals surface area contributed by atoms with Gasteiger partial charge in [0.2, 0.25) is 0 Å². The van der Waals surface area contributed by atoms with E-state index < -0.39 is 23.6 Å². The van der Waals surface area contributed by atoms with Crippen molar-refractivity contribution < 1.29 is 28.5 Å². The van der Waals surface area contributed by atoms with Crippen LogP contribution in [0.1, 0.15) is 32.4 Å². The van der Waals surface area contributed by atoms with E-state index in [1.807, 2.05) is 0 Å². The normalized spacial score (nSPS) is 15.1. The molecule has 0 saturated heterocycles. The minimum atomic E-state index is -0.646. The Balaban J connectivity index is 1.77. The van der Waals surface area contributed by atoms with E-state index in [1.54, 1.807) is 22.9 Å². The number of benzene rings is 1. The van der Waals surface area contributed by atoms with Crippen molar-refractivity contribution in [3.8, 4) is 22.8 Å². The molecule has 1 aromatic carbocycles. The Morgan fingerprint density at radius 2 is 2.00 bits per heavy atom. The summed E-state index contributed by atoms with van der Waals surface area (Å²) in [6.45, 7) is 0.165. The van der Waals surface area contributed by atoms with E-state index >= 15 is 0 Å². The lowest BCUT2D eigenvalue weighted by Crippen LogP contribution is -2.15. The number of hydrogen-bond donors (Lipinski definition) is 1. The van der Waals surface area contributed by atoms with E-state index in [9.17, 15) is 14.4 Å². The maximum atomic E-state index is 12.5.